The average Bonchev–Trinajstić information content (AvgIpc) is 2.70. The van der Waals surface area contributed by atoms with Gasteiger partial charge in [0.1, 0.15) is 5.75 Å². The molecule has 0 radical (unpaired) electrons. The number of piperidine rings is 2. The zero-order chi connectivity index (χ0) is 18.7. The minimum absolute atomic E-state index is 0. The van der Waals surface area contributed by atoms with Crippen LogP contribution in [-0.2, 0) is 4.79 Å². The van der Waals surface area contributed by atoms with E-state index in [1.165, 1.54) is 12.8 Å². The van der Waals surface area contributed by atoms with Gasteiger partial charge in [-0.2, -0.15) is 0 Å². The minimum Gasteiger partial charge on any atom is -0.478 e. The monoisotopic (exact) mass is 440 g/mol. The second-order valence-corrected chi connectivity index (χ2v) is 7.92. The second-order valence-electron chi connectivity index (χ2n) is 7.92. The zero-order valence-corrected chi connectivity index (χ0v) is 18.1. The van der Waals surface area contributed by atoms with Crippen molar-refractivity contribution in [1.29, 1.82) is 0 Å². The van der Waals surface area contributed by atoms with Gasteiger partial charge in [0, 0.05) is 32.5 Å². The lowest BCUT2D eigenvalue weighted by molar-refractivity contribution is -0.159. The van der Waals surface area contributed by atoms with Gasteiger partial charge in [0.15, 0.2) is 0 Å². The quantitative estimate of drug-likeness (QED) is 0.735. The molecule has 4 rings (SSSR count). The molecular formula is C22H30Cl2N2O3. The van der Waals surface area contributed by atoms with Gasteiger partial charge >= 0.3 is 5.97 Å². The standard InChI is InChI=1S/C22H28N2O3.2ClH/c25-21(26)22(27-20-8-7-18-5-1-2-6-19(18)14-20)9-12-24(13-10-22)16-17-4-3-11-23-15-17;;/h1-2,5-8,14,17,23H,3-4,9-13,15-16H2,(H,25,26);2*1H. The number of nitrogens with zero attached hydrogens (tertiary/aromatic N) is 1. The van der Waals surface area contributed by atoms with Crippen LogP contribution in [0.25, 0.3) is 10.8 Å². The Morgan fingerprint density at radius 1 is 1.14 bits per heavy atom. The van der Waals surface area contributed by atoms with Gasteiger partial charge in [-0.1, -0.05) is 30.3 Å². The van der Waals surface area contributed by atoms with Gasteiger partial charge in [-0.3, -0.25) is 0 Å². The summed E-state index contributed by atoms with van der Waals surface area (Å²) in [5, 5.41) is 15.6. The SMILES string of the molecule is Cl.Cl.O=C(O)C1(Oc2ccc3ccccc3c2)CCN(CC2CCCNC2)CC1. The first kappa shape index (κ1) is 23.7. The molecule has 1 unspecified atom stereocenters. The highest BCUT2D eigenvalue weighted by molar-refractivity contribution is 5.86. The number of aliphatic carboxylic acids is 1. The van der Waals surface area contributed by atoms with E-state index >= 15 is 0 Å². The van der Waals surface area contributed by atoms with Crippen LogP contribution in [0.15, 0.2) is 42.5 Å². The van der Waals surface area contributed by atoms with Crippen LogP contribution in [-0.4, -0.2) is 54.3 Å². The van der Waals surface area contributed by atoms with E-state index in [0.717, 1.165) is 43.5 Å². The highest BCUT2D eigenvalue weighted by Gasteiger charge is 2.44. The summed E-state index contributed by atoms with van der Waals surface area (Å²) in [4.78, 5) is 14.5. The van der Waals surface area contributed by atoms with Crippen LogP contribution >= 0.6 is 24.8 Å². The number of carboxylic acid groups (broad SMARTS) is 1. The van der Waals surface area contributed by atoms with Crippen molar-refractivity contribution in [2.75, 3.05) is 32.7 Å². The van der Waals surface area contributed by atoms with Gasteiger partial charge < -0.3 is 20.1 Å². The summed E-state index contributed by atoms with van der Waals surface area (Å²) in [6, 6.07) is 13.9. The molecule has 0 saturated carbocycles. The molecule has 2 aromatic carbocycles. The van der Waals surface area contributed by atoms with Crippen molar-refractivity contribution in [1.82, 2.24) is 10.2 Å². The van der Waals surface area contributed by atoms with Crippen molar-refractivity contribution in [2.24, 2.45) is 5.92 Å². The van der Waals surface area contributed by atoms with Crippen LogP contribution in [0, 0.1) is 5.92 Å². The van der Waals surface area contributed by atoms with Crippen LogP contribution < -0.4 is 10.1 Å². The Hall–Kier alpha value is -1.53. The molecule has 29 heavy (non-hydrogen) atoms. The number of carboxylic acids is 1. The van der Waals surface area contributed by atoms with Crippen molar-refractivity contribution in [3.05, 3.63) is 42.5 Å². The lowest BCUT2D eigenvalue weighted by Crippen LogP contribution is -2.54. The van der Waals surface area contributed by atoms with Crippen molar-refractivity contribution in [2.45, 2.75) is 31.3 Å². The van der Waals surface area contributed by atoms with E-state index in [0.29, 0.717) is 24.5 Å². The Balaban J connectivity index is 0.00000150. The van der Waals surface area contributed by atoms with Gasteiger partial charge in [-0.15, -0.1) is 24.8 Å². The number of carbonyl (C=O) groups is 1. The Kier molecular flexibility index (Phi) is 8.58. The van der Waals surface area contributed by atoms with Gasteiger partial charge in [0.05, 0.1) is 0 Å². The second kappa shape index (κ2) is 10.5. The molecule has 2 aromatic rings. The predicted molar refractivity (Wildman–Crippen MR) is 121 cm³/mol. The zero-order valence-electron chi connectivity index (χ0n) is 16.5. The molecule has 0 spiro atoms. The smallest absolute Gasteiger partial charge is 0.348 e. The van der Waals surface area contributed by atoms with E-state index in [9.17, 15) is 9.90 Å². The number of nitrogens with one attached hydrogen (secondary N) is 1. The molecule has 0 bridgehead atoms. The first-order chi connectivity index (χ1) is 13.1. The van der Waals surface area contributed by atoms with Gasteiger partial charge in [0.2, 0.25) is 5.60 Å². The van der Waals surface area contributed by atoms with Crippen LogP contribution in [0.2, 0.25) is 0 Å². The van der Waals surface area contributed by atoms with E-state index < -0.39 is 11.6 Å². The fourth-order valence-electron chi connectivity index (χ4n) is 4.36. The number of ether oxygens (including phenoxy) is 1. The summed E-state index contributed by atoms with van der Waals surface area (Å²) >= 11 is 0. The van der Waals surface area contributed by atoms with E-state index in [1.54, 1.807) is 0 Å². The molecule has 7 heteroatoms. The maximum absolute atomic E-state index is 12.1. The van der Waals surface area contributed by atoms with Crippen molar-refractivity contribution >= 4 is 41.6 Å². The summed E-state index contributed by atoms with van der Waals surface area (Å²) in [6.45, 7) is 4.80. The molecule has 2 fully saturated rings. The Bertz CT molecular complexity index is 803. The van der Waals surface area contributed by atoms with Gasteiger partial charge in [-0.05, 0) is 54.8 Å². The Morgan fingerprint density at radius 3 is 2.52 bits per heavy atom. The molecule has 2 aliphatic heterocycles. The van der Waals surface area contributed by atoms with Crippen LogP contribution in [0.1, 0.15) is 25.7 Å². The third-order valence-electron chi connectivity index (χ3n) is 6.00. The number of hydrogen-bond acceptors (Lipinski definition) is 4. The minimum atomic E-state index is -1.12. The molecule has 2 aliphatic rings. The van der Waals surface area contributed by atoms with Gasteiger partial charge in [-0.25, -0.2) is 4.79 Å². The number of halogens is 2. The Labute approximate surface area is 184 Å². The summed E-state index contributed by atoms with van der Waals surface area (Å²) in [6.07, 6.45) is 3.55. The maximum atomic E-state index is 12.1. The molecular weight excluding hydrogens is 411 g/mol. The van der Waals surface area contributed by atoms with Crippen LogP contribution in [0.5, 0.6) is 5.75 Å². The molecule has 1 atom stereocenters. The first-order valence-electron chi connectivity index (χ1n) is 9.99. The average molecular weight is 441 g/mol. The molecule has 2 N–H and O–H groups in total. The lowest BCUT2D eigenvalue weighted by Gasteiger charge is -2.40. The molecule has 0 aliphatic carbocycles. The lowest BCUT2D eigenvalue weighted by atomic mass is 9.89. The molecule has 2 heterocycles. The van der Waals surface area contributed by atoms with Crippen molar-refractivity contribution < 1.29 is 14.6 Å². The number of rotatable bonds is 5. The molecule has 5 nitrogen and oxygen atoms in total. The molecule has 0 aromatic heterocycles. The summed E-state index contributed by atoms with van der Waals surface area (Å²) in [5.41, 5.74) is -1.12. The summed E-state index contributed by atoms with van der Waals surface area (Å²) < 4.78 is 6.11. The summed E-state index contributed by atoms with van der Waals surface area (Å²) in [5.74, 6) is 0.466. The predicted octanol–water partition coefficient (Wildman–Crippen LogP) is 3.98. The number of benzene rings is 2. The number of fused-ring (bicyclic) bond motifs is 1. The fraction of sp³-hybridized carbons (Fsp3) is 0.500. The van der Waals surface area contributed by atoms with Gasteiger partial charge in [0.25, 0.3) is 0 Å². The van der Waals surface area contributed by atoms with Crippen molar-refractivity contribution in [3.8, 4) is 5.75 Å². The molecule has 0 amide bonds. The van der Waals surface area contributed by atoms with Crippen LogP contribution in [0.3, 0.4) is 0 Å². The fourth-order valence-corrected chi connectivity index (χ4v) is 4.36. The first-order valence-corrected chi connectivity index (χ1v) is 9.99. The maximum Gasteiger partial charge on any atom is 0.348 e. The van der Waals surface area contributed by atoms with E-state index in [2.05, 4.69) is 10.2 Å². The third kappa shape index (κ3) is 5.54. The Morgan fingerprint density at radius 2 is 1.86 bits per heavy atom. The van der Waals surface area contributed by atoms with E-state index in [4.69, 9.17) is 4.74 Å². The summed E-state index contributed by atoms with van der Waals surface area (Å²) in [7, 11) is 0. The van der Waals surface area contributed by atoms with Crippen LogP contribution in [0.4, 0.5) is 0 Å². The third-order valence-corrected chi connectivity index (χ3v) is 6.00. The van der Waals surface area contributed by atoms with E-state index in [1.807, 2.05) is 42.5 Å². The highest BCUT2D eigenvalue weighted by atomic mass is 35.5. The van der Waals surface area contributed by atoms with Crippen molar-refractivity contribution in [3.63, 3.8) is 0 Å². The molecule has 2 saturated heterocycles. The largest absolute Gasteiger partial charge is 0.478 e. The van der Waals surface area contributed by atoms with E-state index in [-0.39, 0.29) is 24.8 Å². The highest BCUT2D eigenvalue weighted by Crippen LogP contribution is 2.31. The normalized spacial score (nSPS) is 21.6. The number of hydrogen-bond donors (Lipinski definition) is 2. The molecule has 160 valence electrons. The number of likely N-dealkylation sites (tertiary alicyclic amines) is 1. The topological polar surface area (TPSA) is 61.8 Å².